The third-order valence-corrected chi connectivity index (χ3v) is 4.14. The Kier molecular flexibility index (Phi) is 7.67. The average molecular weight is 370 g/mol. The Balaban J connectivity index is 1.90. The van der Waals surface area contributed by atoms with Crippen molar-refractivity contribution in [2.45, 2.75) is 33.6 Å². The summed E-state index contributed by atoms with van der Waals surface area (Å²) in [6.45, 7) is 6.36. The normalized spacial score (nSPS) is 10.2. The van der Waals surface area contributed by atoms with E-state index in [4.69, 9.17) is 9.47 Å². The summed E-state index contributed by atoms with van der Waals surface area (Å²) < 4.78 is 10.8. The first kappa shape index (κ1) is 20.3. The fourth-order valence-corrected chi connectivity index (χ4v) is 2.38. The Morgan fingerprint density at radius 2 is 1.81 bits per heavy atom. The van der Waals surface area contributed by atoms with Gasteiger partial charge in [0.1, 0.15) is 5.75 Å². The number of unbranched alkanes of at least 4 members (excludes halogenated alkanes) is 1. The predicted octanol–water partition coefficient (Wildman–Crippen LogP) is 4.42. The fraction of sp³-hybridized carbons (Fsp3) is 0.333. The van der Waals surface area contributed by atoms with E-state index in [-0.39, 0.29) is 6.73 Å². The van der Waals surface area contributed by atoms with E-state index in [1.165, 1.54) is 0 Å². The van der Waals surface area contributed by atoms with Gasteiger partial charge in [-0.15, -0.1) is 0 Å². The van der Waals surface area contributed by atoms with E-state index in [1.54, 1.807) is 24.3 Å². The molecular formula is C21H26N2O4. The van der Waals surface area contributed by atoms with E-state index in [9.17, 15) is 9.59 Å². The average Bonchev–Trinajstić information content (AvgIpc) is 2.65. The van der Waals surface area contributed by atoms with Gasteiger partial charge in [0.25, 0.3) is 0 Å². The lowest BCUT2D eigenvalue weighted by Crippen LogP contribution is -2.32. The van der Waals surface area contributed by atoms with E-state index in [2.05, 4.69) is 10.6 Å². The molecule has 0 aliphatic rings. The molecule has 0 radical (unpaired) electrons. The SMILES string of the molecule is CCCCOC(=O)c1ccccc1NC(=O)NCOc1cccc(C)c1C. The van der Waals surface area contributed by atoms with Crippen molar-refractivity contribution in [1.82, 2.24) is 5.32 Å². The summed E-state index contributed by atoms with van der Waals surface area (Å²) in [5, 5.41) is 5.28. The Morgan fingerprint density at radius 3 is 2.59 bits per heavy atom. The molecule has 0 saturated carbocycles. The smallest absolute Gasteiger partial charge is 0.340 e. The van der Waals surface area contributed by atoms with Gasteiger partial charge in [0, 0.05) is 0 Å². The van der Waals surface area contributed by atoms with Crippen molar-refractivity contribution in [3.05, 3.63) is 59.2 Å². The number of carbonyl (C=O) groups is 2. The Bertz CT molecular complexity index is 790. The van der Waals surface area contributed by atoms with Gasteiger partial charge in [-0.3, -0.25) is 0 Å². The van der Waals surface area contributed by atoms with Gasteiger partial charge in [-0.2, -0.15) is 0 Å². The van der Waals surface area contributed by atoms with Crippen molar-refractivity contribution in [2.75, 3.05) is 18.7 Å². The van der Waals surface area contributed by atoms with E-state index < -0.39 is 12.0 Å². The molecule has 27 heavy (non-hydrogen) atoms. The van der Waals surface area contributed by atoms with Crippen LogP contribution in [0.4, 0.5) is 10.5 Å². The van der Waals surface area contributed by atoms with Crippen LogP contribution in [0, 0.1) is 13.8 Å². The van der Waals surface area contributed by atoms with Gasteiger partial charge >= 0.3 is 12.0 Å². The van der Waals surface area contributed by atoms with Gasteiger partial charge in [0.05, 0.1) is 17.9 Å². The molecular weight excluding hydrogens is 344 g/mol. The van der Waals surface area contributed by atoms with Crippen molar-refractivity contribution in [3.63, 3.8) is 0 Å². The Labute approximate surface area is 159 Å². The van der Waals surface area contributed by atoms with Crippen LogP contribution < -0.4 is 15.4 Å². The molecule has 2 N–H and O–H groups in total. The molecule has 2 amide bonds. The summed E-state index contributed by atoms with van der Waals surface area (Å²) in [4.78, 5) is 24.3. The second-order valence-corrected chi connectivity index (χ2v) is 6.15. The predicted molar refractivity (Wildman–Crippen MR) is 105 cm³/mol. The van der Waals surface area contributed by atoms with E-state index in [0.29, 0.717) is 17.9 Å². The minimum Gasteiger partial charge on any atom is -0.473 e. The topological polar surface area (TPSA) is 76.7 Å². The lowest BCUT2D eigenvalue weighted by Gasteiger charge is -2.13. The molecule has 0 atom stereocenters. The fourth-order valence-electron chi connectivity index (χ4n) is 2.38. The number of urea groups is 1. The minimum absolute atomic E-state index is 0.0131. The zero-order chi connectivity index (χ0) is 19.6. The molecule has 0 spiro atoms. The summed E-state index contributed by atoms with van der Waals surface area (Å²) in [5.41, 5.74) is 2.86. The zero-order valence-electron chi connectivity index (χ0n) is 16.0. The maximum atomic E-state index is 12.2. The molecule has 0 saturated heterocycles. The van der Waals surface area contributed by atoms with Crippen LogP contribution in [0.5, 0.6) is 5.75 Å². The number of nitrogens with one attached hydrogen (secondary N) is 2. The third kappa shape index (κ3) is 6.02. The Hall–Kier alpha value is -3.02. The quantitative estimate of drug-likeness (QED) is 0.410. The van der Waals surface area contributed by atoms with E-state index in [1.807, 2.05) is 39.0 Å². The maximum absolute atomic E-state index is 12.2. The van der Waals surface area contributed by atoms with E-state index in [0.717, 1.165) is 29.7 Å². The van der Waals surface area contributed by atoms with Crippen molar-refractivity contribution in [3.8, 4) is 5.75 Å². The first-order chi connectivity index (χ1) is 13.0. The number of para-hydroxylation sites is 1. The number of rotatable bonds is 8. The first-order valence-corrected chi connectivity index (χ1v) is 9.03. The summed E-state index contributed by atoms with van der Waals surface area (Å²) >= 11 is 0. The van der Waals surface area contributed by atoms with Crippen LogP contribution in [0.15, 0.2) is 42.5 Å². The van der Waals surface area contributed by atoms with Gasteiger partial charge in [-0.05, 0) is 49.6 Å². The van der Waals surface area contributed by atoms with Crippen LogP contribution in [0.25, 0.3) is 0 Å². The number of aryl methyl sites for hydroxylation is 1. The van der Waals surface area contributed by atoms with Gasteiger partial charge in [-0.1, -0.05) is 37.6 Å². The largest absolute Gasteiger partial charge is 0.473 e. The number of anilines is 1. The summed E-state index contributed by atoms with van der Waals surface area (Å²) in [7, 11) is 0. The minimum atomic E-state index is -0.464. The van der Waals surface area contributed by atoms with E-state index >= 15 is 0 Å². The van der Waals surface area contributed by atoms with Crippen LogP contribution in [-0.2, 0) is 4.74 Å². The highest BCUT2D eigenvalue weighted by molar-refractivity contribution is 6.00. The molecule has 2 aromatic carbocycles. The van der Waals surface area contributed by atoms with Crippen LogP contribution in [0.2, 0.25) is 0 Å². The second-order valence-electron chi connectivity index (χ2n) is 6.15. The zero-order valence-corrected chi connectivity index (χ0v) is 16.0. The molecule has 0 aromatic heterocycles. The number of hydrogen-bond donors (Lipinski definition) is 2. The molecule has 6 heteroatoms. The number of carbonyl (C=O) groups excluding carboxylic acids is 2. The van der Waals surface area contributed by atoms with Gasteiger partial charge in [0.2, 0.25) is 0 Å². The third-order valence-electron chi connectivity index (χ3n) is 4.14. The number of esters is 1. The number of hydrogen-bond acceptors (Lipinski definition) is 4. The van der Waals surface area contributed by atoms with Crippen LogP contribution >= 0.6 is 0 Å². The molecule has 6 nitrogen and oxygen atoms in total. The van der Waals surface area contributed by atoms with Gasteiger partial charge in [0.15, 0.2) is 6.73 Å². The highest BCUT2D eigenvalue weighted by atomic mass is 16.5. The van der Waals surface area contributed by atoms with Crippen molar-refractivity contribution in [2.24, 2.45) is 0 Å². The molecule has 0 bridgehead atoms. The highest BCUT2D eigenvalue weighted by Crippen LogP contribution is 2.20. The summed E-state index contributed by atoms with van der Waals surface area (Å²) in [6, 6.07) is 12.0. The van der Waals surface area contributed by atoms with Crippen molar-refractivity contribution >= 4 is 17.7 Å². The monoisotopic (exact) mass is 370 g/mol. The van der Waals surface area contributed by atoms with Crippen LogP contribution in [0.3, 0.4) is 0 Å². The molecule has 0 fully saturated rings. The molecule has 2 rings (SSSR count). The second kappa shape index (κ2) is 10.2. The molecule has 2 aromatic rings. The van der Waals surface area contributed by atoms with Gasteiger partial charge < -0.3 is 20.1 Å². The summed E-state index contributed by atoms with van der Waals surface area (Å²) in [5.74, 6) is 0.265. The Morgan fingerprint density at radius 1 is 1.04 bits per heavy atom. The standard InChI is InChI=1S/C21H26N2O4/c1-4-5-13-26-20(24)17-10-6-7-11-18(17)23-21(25)22-14-27-19-12-8-9-15(2)16(19)3/h6-12H,4-5,13-14H2,1-3H3,(H2,22,23,25). The van der Waals surface area contributed by atoms with Crippen molar-refractivity contribution in [1.29, 1.82) is 0 Å². The molecule has 0 aliphatic carbocycles. The molecule has 0 heterocycles. The lowest BCUT2D eigenvalue weighted by molar-refractivity contribution is 0.0501. The number of benzene rings is 2. The van der Waals surface area contributed by atoms with Crippen molar-refractivity contribution < 1.29 is 19.1 Å². The number of amides is 2. The first-order valence-electron chi connectivity index (χ1n) is 9.03. The molecule has 0 aliphatic heterocycles. The molecule has 144 valence electrons. The number of ether oxygens (including phenoxy) is 2. The molecule has 0 unspecified atom stereocenters. The van der Waals surface area contributed by atoms with Crippen LogP contribution in [-0.4, -0.2) is 25.3 Å². The van der Waals surface area contributed by atoms with Crippen LogP contribution in [0.1, 0.15) is 41.3 Å². The van der Waals surface area contributed by atoms with Gasteiger partial charge in [-0.25, -0.2) is 9.59 Å². The highest BCUT2D eigenvalue weighted by Gasteiger charge is 2.14. The lowest BCUT2D eigenvalue weighted by atomic mass is 10.1. The maximum Gasteiger partial charge on any atom is 0.340 e. The summed E-state index contributed by atoms with van der Waals surface area (Å²) in [6.07, 6.45) is 1.74.